The normalized spacial score (nSPS) is 19.2. The second-order valence-electron chi connectivity index (χ2n) is 7.23. The highest BCUT2D eigenvalue weighted by atomic mass is 19.3. The number of aromatic nitrogens is 1. The van der Waals surface area contributed by atoms with Crippen LogP contribution in [-0.4, -0.2) is 4.98 Å². The first-order valence-corrected chi connectivity index (χ1v) is 9.20. The summed E-state index contributed by atoms with van der Waals surface area (Å²) in [5, 5.41) is 0.892. The Morgan fingerprint density at radius 1 is 0.690 bits per heavy atom. The molecule has 1 atom stereocenters. The smallest absolute Gasteiger partial charge is 0.256 e. The number of fused-ring (bicyclic) bond motifs is 2. The molecule has 0 spiro atoms. The van der Waals surface area contributed by atoms with E-state index < -0.39 is 28.9 Å². The summed E-state index contributed by atoms with van der Waals surface area (Å²) in [6, 6.07) is 20.3. The topological polar surface area (TPSA) is 12.9 Å². The Morgan fingerprint density at radius 3 is 1.93 bits per heavy atom. The van der Waals surface area contributed by atoms with Crippen LogP contribution in [0.4, 0.5) is 17.6 Å². The summed E-state index contributed by atoms with van der Waals surface area (Å²) >= 11 is 0. The van der Waals surface area contributed by atoms with Crippen LogP contribution in [0.5, 0.6) is 0 Å². The Labute approximate surface area is 164 Å². The minimum atomic E-state index is -3.71. The number of rotatable bonds is 2. The number of benzene rings is 3. The number of pyridine rings is 1. The Bertz CT molecular complexity index is 1200. The van der Waals surface area contributed by atoms with Crippen LogP contribution in [0.1, 0.15) is 22.6 Å². The highest BCUT2D eigenvalue weighted by Crippen LogP contribution is 2.62. The van der Waals surface area contributed by atoms with Gasteiger partial charge in [0.05, 0.1) is 5.69 Å². The molecule has 0 saturated carbocycles. The molecule has 0 bridgehead atoms. The van der Waals surface area contributed by atoms with Crippen molar-refractivity contribution < 1.29 is 17.6 Å². The lowest BCUT2D eigenvalue weighted by Gasteiger charge is -2.24. The van der Waals surface area contributed by atoms with Gasteiger partial charge in [-0.2, -0.15) is 0 Å². The number of halogens is 4. The van der Waals surface area contributed by atoms with E-state index in [0.717, 1.165) is 5.56 Å². The predicted octanol–water partition coefficient (Wildman–Crippen LogP) is 6.88. The maximum absolute atomic E-state index is 15.3. The minimum Gasteiger partial charge on any atom is -0.256 e. The van der Waals surface area contributed by atoms with Gasteiger partial charge < -0.3 is 0 Å². The van der Waals surface area contributed by atoms with Crippen molar-refractivity contribution >= 4 is 10.8 Å². The van der Waals surface area contributed by atoms with Gasteiger partial charge in [0.1, 0.15) is 5.92 Å². The number of nitrogens with zero attached hydrogens (tertiary/aromatic N) is 1. The van der Waals surface area contributed by atoms with E-state index in [1.54, 1.807) is 12.1 Å². The molecule has 144 valence electrons. The molecule has 0 saturated heterocycles. The molecule has 29 heavy (non-hydrogen) atoms. The fourth-order valence-electron chi connectivity index (χ4n) is 4.20. The van der Waals surface area contributed by atoms with E-state index in [4.69, 9.17) is 0 Å². The third kappa shape index (κ3) is 2.57. The molecule has 0 aliphatic heterocycles. The molecule has 0 fully saturated rings. The van der Waals surface area contributed by atoms with Gasteiger partial charge in [0.2, 0.25) is 0 Å². The lowest BCUT2D eigenvalue weighted by molar-refractivity contribution is -0.120. The highest BCUT2D eigenvalue weighted by Gasteiger charge is 2.65. The number of hydrogen-bond acceptors (Lipinski definition) is 1. The van der Waals surface area contributed by atoms with E-state index in [0.29, 0.717) is 16.5 Å². The van der Waals surface area contributed by atoms with Crippen molar-refractivity contribution in [3.05, 3.63) is 102 Å². The van der Waals surface area contributed by atoms with Crippen LogP contribution in [0.3, 0.4) is 0 Å². The fourth-order valence-corrected chi connectivity index (χ4v) is 4.20. The molecular weight excluding hydrogens is 378 g/mol. The third-order valence-corrected chi connectivity index (χ3v) is 5.53. The van der Waals surface area contributed by atoms with E-state index in [-0.39, 0.29) is 5.56 Å². The zero-order valence-electron chi connectivity index (χ0n) is 15.1. The molecule has 1 aromatic heterocycles. The molecule has 0 N–H and O–H groups in total. The van der Waals surface area contributed by atoms with E-state index in [9.17, 15) is 0 Å². The van der Waals surface area contributed by atoms with Gasteiger partial charge in [-0.1, -0.05) is 60.7 Å². The average molecular weight is 393 g/mol. The maximum Gasteiger partial charge on any atom is 0.286 e. The van der Waals surface area contributed by atoms with Crippen molar-refractivity contribution in [2.24, 2.45) is 0 Å². The molecule has 5 heteroatoms. The van der Waals surface area contributed by atoms with Gasteiger partial charge in [-0.25, -0.2) is 17.6 Å². The summed E-state index contributed by atoms with van der Waals surface area (Å²) < 4.78 is 61.2. The van der Waals surface area contributed by atoms with Crippen molar-refractivity contribution in [1.29, 1.82) is 0 Å². The molecule has 5 rings (SSSR count). The molecule has 1 unspecified atom stereocenters. The molecule has 1 heterocycles. The minimum absolute atomic E-state index is 0.0795. The first-order valence-electron chi connectivity index (χ1n) is 9.20. The highest BCUT2D eigenvalue weighted by molar-refractivity contribution is 5.96. The summed E-state index contributed by atoms with van der Waals surface area (Å²) in [6.45, 7) is 0. The zero-order valence-corrected chi connectivity index (χ0v) is 15.1. The SMILES string of the molecule is FC1(F)c2cc3ccnc(-c4ccccc4)c3cc2C(F)(F)C1c1ccccc1. The van der Waals surface area contributed by atoms with Crippen LogP contribution in [0.2, 0.25) is 0 Å². The number of alkyl halides is 4. The van der Waals surface area contributed by atoms with Crippen LogP contribution in [-0.2, 0) is 11.8 Å². The molecule has 1 aliphatic rings. The molecule has 1 nitrogen and oxygen atoms in total. The molecule has 0 radical (unpaired) electrons. The Balaban J connectivity index is 1.78. The Hall–Kier alpha value is -3.21. The summed E-state index contributed by atoms with van der Waals surface area (Å²) in [7, 11) is 0. The number of hydrogen-bond donors (Lipinski definition) is 0. The van der Waals surface area contributed by atoms with Gasteiger partial charge in [0.25, 0.3) is 11.8 Å². The van der Waals surface area contributed by atoms with Crippen LogP contribution in [0.25, 0.3) is 22.0 Å². The first-order chi connectivity index (χ1) is 13.9. The van der Waals surface area contributed by atoms with Gasteiger partial charge in [0, 0.05) is 28.3 Å². The second-order valence-corrected chi connectivity index (χ2v) is 7.23. The van der Waals surface area contributed by atoms with E-state index in [1.165, 1.54) is 42.6 Å². The van der Waals surface area contributed by atoms with E-state index in [1.807, 2.05) is 30.3 Å². The third-order valence-electron chi connectivity index (χ3n) is 5.53. The van der Waals surface area contributed by atoms with E-state index >= 15 is 17.6 Å². The predicted molar refractivity (Wildman–Crippen MR) is 104 cm³/mol. The largest absolute Gasteiger partial charge is 0.286 e. The van der Waals surface area contributed by atoms with Crippen molar-refractivity contribution in [1.82, 2.24) is 4.98 Å². The van der Waals surface area contributed by atoms with Crippen molar-refractivity contribution in [2.75, 3.05) is 0 Å². The lowest BCUT2D eigenvalue weighted by Crippen LogP contribution is -2.27. The molecule has 3 aromatic carbocycles. The Morgan fingerprint density at radius 2 is 1.28 bits per heavy atom. The summed E-state index contributed by atoms with van der Waals surface area (Å²) in [5.41, 5.74) is -0.0915. The molecular formula is C24H15F4N. The van der Waals surface area contributed by atoms with Gasteiger partial charge >= 0.3 is 0 Å². The van der Waals surface area contributed by atoms with Gasteiger partial charge in [-0.3, -0.25) is 4.98 Å². The van der Waals surface area contributed by atoms with Crippen molar-refractivity contribution in [3.63, 3.8) is 0 Å². The maximum atomic E-state index is 15.3. The van der Waals surface area contributed by atoms with Crippen LogP contribution in [0.15, 0.2) is 85.1 Å². The lowest BCUT2D eigenvalue weighted by atomic mass is 9.91. The second kappa shape index (κ2) is 6.14. The van der Waals surface area contributed by atoms with Crippen LogP contribution < -0.4 is 0 Å². The summed E-state index contributed by atoms with van der Waals surface area (Å²) in [5.74, 6) is -9.64. The van der Waals surface area contributed by atoms with Crippen molar-refractivity contribution in [3.8, 4) is 11.3 Å². The first kappa shape index (κ1) is 17.9. The van der Waals surface area contributed by atoms with Crippen LogP contribution in [0, 0.1) is 0 Å². The van der Waals surface area contributed by atoms with Crippen molar-refractivity contribution in [2.45, 2.75) is 17.8 Å². The quantitative estimate of drug-likeness (QED) is 0.338. The van der Waals surface area contributed by atoms with Gasteiger partial charge in [0.15, 0.2) is 0 Å². The average Bonchev–Trinajstić information content (AvgIpc) is 2.88. The molecule has 0 amide bonds. The fraction of sp³-hybridized carbons (Fsp3) is 0.125. The monoisotopic (exact) mass is 393 g/mol. The summed E-state index contributed by atoms with van der Waals surface area (Å²) in [4.78, 5) is 4.33. The van der Waals surface area contributed by atoms with E-state index in [2.05, 4.69) is 4.98 Å². The summed E-state index contributed by atoms with van der Waals surface area (Å²) in [6.07, 6.45) is 1.51. The Kier molecular flexibility index (Phi) is 3.78. The molecule has 1 aliphatic carbocycles. The van der Waals surface area contributed by atoms with Gasteiger partial charge in [-0.15, -0.1) is 0 Å². The van der Waals surface area contributed by atoms with Crippen LogP contribution >= 0.6 is 0 Å². The zero-order chi connectivity index (χ0) is 20.2. The molecule has 4 aromatic rings. The standard InChI is InChI=1S/C24H15F4N/c25-23(26)19-13-17-11-12-29-21(15-7-3-1-4-8-15)18(17)14-20(19)24(27,28)22(23)16-9-5-2-6-10-16/h1-14,22H. The van der Waals surface area contributed by atoms with Gasteiger partial charge in [-0.05, 0) is 29.1 Å².